The van der Waals surface area contributed by atoms with E-state index < -0.39 is 11.6 Å². The molecule has 0 aliphatic heterocycles. The quantitative estimate of drug-likeness (QED) is 0.409. The summed E-state index contributed by atoms with van der Waals surface area (Å²) in [6.07, 6.45) is 14.4. The first-order valence-electron chi connectivity index (χ1n) is 12.5. The normalized spacial score (nSPS) is 45.3. The zero-order chi connectivity index (χ0) is 21.6. The predicted molar refractivity (Wildman–Crippen MR) is 118 cm³/mol. The van der Waals surface area contributed by atoms with Gasteiger partial charge in [-0.05, 0) is 92.8 Å². The van der Waals surface area contributed by atoms with Crippen molar-refractivity contribution in [2.45, 2.75) is 110 Å². The molecule has 4 aliphatic carbocycles. The first-order valence-corrected chi connectivity index (χ1v) is 12.5. The minimum absolute atomic E-state index is 0.0775. The van der Waals surface area contributed by atoms with Gasteiger partial charge in [0.25, 0.3) is 0 Å². The van der Waals surface area contributed by atoms with Crippen LogP contribution in [-0.2, 0) is 9.53 Å². The fraction of sp³-hybridized carbons (Fsp3) is 0.885. The van der Waals surface area contributed by atoms with E-state index in [4.69, 9.17) is 4.74 Å². The van der Waals surface area contributed by atoms with Crippen molar-refractivity contribution in [1.82, 2.24) is 0 Å². The summed E-state index contributed by atoms with van der Waals surface area (Å²) >= 11 is 0. The molecule has 0 amide bonds. The Bertz CT molecular complexity index is 687. The van der Waals surface area contributed by atoms with E-state index >= 15 is 0 Å². The topological polar surface area (TPSA) is 66.8 Å². The molecule has 30 heavy (non-hydrogen) atoms. The highest BCUT2D eigenvalue weighted by atomic mass is 16.5. The number of ether oxygens (including phenoxy) is 1. The summed E-state index contributed by atoms with van der Waals surface area (Å²) in [6.45, 7) is 7.88. The number of allylic oxidation sites excluding steroid dienone is 1. The number of hydrogen-bond acceptors (Lipinski definition) is 3. The molecule has 0 spiro atoms. The van der Waals surface area contributed by atoms with Crippen molar-refractivity contribution >= 4 is 5.97 Å². The largest absolute Gasteiger partial charge is 0.481 e. The molecule has 0 aromatic rings. The Kier molecular flexibility index (Phi) is 6.13. The first-order chi connectivity index (χ1) is 14.2. The van der Waals surface area contributed by atoms with E-state index in [9.17, 15) is 15.0 Å². The standard InChI is InChI=1S/C26H42O4/c1-4-5-16-30-19-8-12-24(2)18(17-19)6-7-20-21(24)9-13-25(3)22(20)10-14-26(25,29)15-11-23(27)28/h6,19-22,29H,4-5,7-17H2,1-3H3,(H,27,28)/t19-,20+,21-,22-,24-,25-,26+/m0/s1. The van der Waals surface area contributed by atoms with Crippen LogP contribution in [0.1, 0.15) is 97.8 Å². The molecule has 0 heterocycles. The van der Waals surface area contributed by atoms with Crippen molar-refractivity contribution in [2.75, 3.05) is 6.61 Å². The Labute approximate surface area is 182 Å². The smallest absolute Gasteiger partial charge is 0.303 e. The van der Waals surface area contributed by atoms with Crippen LogP contribution in [0.2, 0.25) is 0 Å². The van der Waals surface area contributed by atoms with Gasteiger partial charge in [0.15, 0.2) is 0 Å². The summed E-state index contributed by atoms with van der Waals surface area (Å²) in [7, 11) is 0. The van der Waals surface area contributed by atoms with E-state index in [1.807, 2.05) is 0 Å². The number of carbonyl (C=O) groups is 1. The number of hydrogen-bond donors (Lipinski definition) is 2. The minimum atomic E-state index is -0.809. The van der Waals surface area contributed by atoms with Crippen LogP contribution < -0.4 is 0 Å². The molecule has 7 atom stereocenters. The van der Waals surface area contributed by atoms with Crippen molar-refractivity contribution in [3.05, 3.63) is 11.6 Å². The number of rotatable bonds is 7. The molecule has 4 nitrogen and oxygen atoms in total. The van der Waals surface area contributed by atoms with E-state index in [2.05, 4.69) is 26.8 Å². The fourth-order valence-electron chi connectivity index (χ4n) is 8.00. The average molecular weight is 419 g/mol. The highest BCUT2D eigenvalue weighted by molar-refractivity contribution is 5.66. The van der Waals surface area contributed by atoms with Crippen molar-refractivity contribution in [1.29, 1.82) is 0 Å². The molecule has 170 valence electrons. The van der Waals surface area contributed by atoms with Crippen molar-refractivity contribution in [3.8, 4) is 0 Å². The summed E-state index contributed by atoms with van der Waals surface area (Å²) in [4.78, 5) is 11.2. The Morgan fingerprint density at radius 2 is 1.93 bits per heavy atom. The average Bonchev–Trinajstić information content (AvgIpc) is 2.98. The molecule has 3 saturated carbocycles. The number of aliphatic hydroxyl groups is 1. The summed E-state index contributed by atoms with van der Waals surface area (Å²) < 4.78 is 6.19. The van der Waals surface area contributed by atoms with Gasteiger partial charge in [-0.25, -0.2) is 0 Å². The Balaban J connectivity index is 1.50. The van der Waals surface area contributed by atoms with Crippen LogP contribution >= 0.6 is 0 Å². The molecule has 0 radical (unpaired) electrons. The Morgan fingerprint density at radius 1 is 1.17 bits per heavy atom. The summed E-state index contributed by atoms with van der Waals surface area (Å²) in [6, 6.07) is 0. The zero-order valence-corrected chi connectivity index (χ0v) is 19.3. The molecular weight excluding hydrogens is 376 g/mol. The van der Waals surface area contributed by atoms with Crippen molar-refractivity contribution < 1.29 is 19.7 Å². The van der Waals surface area contributed by atoms with Gasteiger partial charge < -0.3 is 14.9 Å². The maximum Gasteiger partial charge on any atom is 0.303 e. The second-order valence-corrected chi connectivity index (χ2v) is 11.3. The fourth-order valence-corrected chi connectivity index (χ4v) is 8.00. The maximum atomic E-state index is 11.5. The minimum Gasteiger partial charge on any atom is -0.481 e. The molecule has 0 aromatic heterocycles. The van der Waals surface area contributed by atoms with Gasteiger partial charge in [0.05, 0.1) is 11.7 Å². The Morgan fingerprint density at radius 3 is 2.67 bits per heavy atom. The van der Waals surface area contributed by atoms with Crippen LogP contribution in [0.3, 0.4) is 0 Å². The number of carboxylic acids is 1. The summed E-state index contributed by atoms with van der Waals surface area (Å²) in [5.74, 6) is 1.06. The van der Waals surface area contributed by atoms with Crippen LogP contribution in [0.4, 0.5) is 0 Å². The van der Waals surface area contributed by atoms with Crippen LogP contribution in [0.5, 0.6) is 0 Å². The lowest BCUT2D eigenvalue weighted by molar-refractivity contribution is -0.146. The van der Waals surface area contributed by atoms with E-state index in [-0.39, 0.29) is 17.3 Å². The third-order valence-corrected chi connectivity index (χ3v) is 9.98. The molecule has 0 bridgehead atoms. The molecule has 0 saturated heterocycles. The lowest BCUT2D eigenvalue weighted by atomic mass is 9.47. The van der Waals surface area contributed by atoms with Gasteiger partial charge in [0, 0.05) is 13.0 Å². The predicted octanol–water partition coefficient (Wildman–Crippen LogP) is 5.73. The second-order valence-electron chi connectivity index (χ2n) is 11.3. The molecule has 4 aliphatic rings. The van der Waals surface area contributed by atoms with Gasteiger partial charge in [-0.3, -0.25) is 4.79 Å². The number of unbranched alkanes of at least 4 members (excludes halogenated alkanes) is 1. The van der Waals surface area contributed by atoms with Crippen LogP contribution in [0.15, 0.2) is 11.6 Å². The van der Waals surface area contributed by atoms with Gasteiger partial charge in [-0.2, -0.15) is 0 Å². The van der Waals surface area contributed by atoms with Gasteiger partial charge in [0.1, 0.15) is 0 Å². The highest BCUT2D eigenvalue weighted by Crippen LogP contribution is 2.67. The molecule has 0 unspecified atom stereocenters. The van der Waals surface area contributed by atoms with Gasteiger partial charge in [0.2, 0.25) is 0 Å². The molecule has 3 fully saturated rings. The van der Waals surface area contributed by atoms with E-state index in [1.54, 1.807) is 5.57 Å². The SMILES string of the molecule is CCCCO[C@H]1CC[C@@]2(C)C(=CC[C@@H]3[C@@H]2CC[C@@]2(C)[C@H]3CC[C@@]2(O)CCC(=O)O)C1. The lowest BCUT2D eigenvalue weighted by Gasteiger charge is -2.59. The molecular formula is C26H42O4. The maximum absolute atomic E-state index is 11.5. The zero-order valence-electron chi connectivity index (χ0n) is 19.3. The Hall–Kier alpha value is -0.870. The van der Waals surface area contributed by atoms with Crippen LogP contribution in [0, 0.1) is 28.6 Å². The summed E-state index contributed by atoms with van der Waals surface area (Å²) in [5.41, 5.74) is 0.985. The number of carboxylic acid groups (broad SMARTS) is 1. The van der Waals surface area contributed by atoms with Crippen molar-refractivity contribution in [2.24, 2.45) is 28.6 Å². The molecule has 4 rings (SSSR count). The third-order valence-electron chi connectivity index (χ3n) is 9.98. The van der Waals surface area contributed by atoms with Gasteiger partial charge in [-0.15, -0.1) is 0 Å². The van der Waals surface area contributed by atoms with Crippen LogP contribution in [-0.4, -0.2) is 34.5 Å². The molecule has 4 heteroatoms. The molecule has 0 aromatic carbocycles. The van der Waals surface area contributed by atoms with Gasteiger partial charge >= 0.3 is 5.97 Å². The van der Waals surface area contributed by atoms with E-state index in [0.29, 0.717) is 30.3 Å². The first kappa shape index (κ1) is 22.3. The lowest BCUT2D eigenvalue weighted by Crippen LogP contribution is -2.54. The third kappa shape index (κ3) is 3.56. The monoisotopic (exact) mass is 418 g/mol. The van der Waals surface area contributed by atoms with Crippen LogP contribution in [0.25, 0.3) is 0 Å². The summed E-state index contributed by atoms with van der Waals surface area (Å²) in [5, 5.41) is 20.7. The number of aliphatic carboxylic acids is 1. The van der Waals surface area contributed by atoms with E-state index in [1.165, 1.54) is 25.7 Å². The second kappa shape index (κ2) is 8.24. The van der Waals surface area contributed by atoms with Crippen molar-refractivity contribution in [3.63, 3.8) is 0 Å². The number of fused-ring (bicyclic) bond motifs is 5. The van der Waals surface area contributed by atoms with Gasteiger partial charge in [-0.1, -0.05) is 38.8 Å². The van der Waals surface area contributed by atoms with E-state index in [0.717, 1.165) is 45.1 Å². The molecule has 2 N–H and O–H groups in total. The highest BCUT2D eigenvalue weighted by Gasteiger charge is 2.63.